The zero-order valence-electron chi connectivity index (χ0n) is 19.6. The van der Waals surface area contributed by atoms with Crippen LogP contribution in [0, 0.1) is 12.3 Å². The van der Waals surface area contributed by atoms with Crippen molar-refractivity contribution in [1.29, 1.82) is 0 Å². The summed E-state index contributed by atoms with van der Waals surface area (Å²) in [5, 5.41) is 7.96. The Kier molecular flexibility index (Phi) is 6.58. The van der Waals surface area contributed by atoms with Crippen molar-refractivity contribution in [2.24, 2.45) is 5.41 Å². The van der Waals surface area contributed by atoms with Crippen LogP contribution >= 0.6 is 0 Å². The molecule has 2 heterocycles. The smallest absolute Gasteiger partial charge is 0.244 e. The van der Waals surface area contributed by atoms with Gasteiger partial charge in [-0.15, -0.1) is 5.10 Å². The minimum atomic E-state index is -0.635. The molecule has 2 amide bonds. The lowest BCUT2D eigenvalue weighted by atomic mass is 9.73. The minimum absolute atomic E-state index is 0.0324. The molecule has 0 aliphatic carbocycles. The number of hydrogen-bond acceptors (Lipinski definition) is 4. The molecule has 3 aromatic rings. The maximum Gasteiger partial charge on any atom is 0.244 e. The van der Waals surface area contributed by atoms with Gasteiger partial charge < -0.3 is 9.80 Å². The summed E-state index contributed by atoms with van der Waals surface area (Å²) in [6, 6.07) is 18.7. The molecule has 1 aliphatic rings. The third-order valence-electron chi connectivity index (χ3n) is 6.34. The van der Waals surface area contributed by atoms with Gasteiger partial charge >= 0.3 is 0 Å². The maximum absolute atomic E-state index is 13.4. The molecule has 0 unspecified atom stereocenters. The Labute approximate surface area is 195 Å². The number of aryl methyl sites for hydroxylation is 1. The fraction of sp³-hybridized carbons (Fsp3) is 0.385. The van der Waals surface area contributed by atoms with Crippen LogP contribution in [0.15, 0.2) is 60.8 Å². The first-order valence-electron chi connectivity index (χ1n) is 11.4. The lowest BCUT2D eigenvalue weighted by Gasteiger charge is -2.43. The molecule has 0 radical (unpaired) electrons. The molecule has 0 N–H and O–H groups in total. The summed E-state index contributed by atoms with van der Waals surface area (Å²) in [5.74, 6) is 0.0405. The van der Waals surface area contributed by atoms with Crippen molar-refractivity contribution in [3.05, 3.63) is 72.1 Å². The molecule has 1 atom stereocenters. The van der Waals surface area contributed by atoms with Gasteiger partial charge in [0.05, 0.1) is 11.1 Å². The van der Waals surface area contributed by atoms with Gasteiger partial charge in [0, 0.05) is 33.4 Å². The standard InChI is InChI=1S/C26H31N5O2/c1-20-17-31(28-27-20)18-24(32)30-15-7-14-26(19-30,25(33)29(2)3)16-21-10-12-23(13-11-21)22-8-5-4-6-9-22/h4-6,8-13,17H,7,14-16,18-19H2,1-3H3/t26-/m0/s1. The fourth-order valence-electron chi connectivity index (χ4n) is 4.76. The first-order valence-corrected chi connectivity index (χ1v) is 11.4. The predicted molar refractivity (Wildman–Crippen MR) is 127 cm³/mol. The Hall–Kier alpha value is -3.48. The third-order valence-corrected chi connectivity index (χ3v) is 6.34. The highest BCUT2D eigenvalue weighted by Crippen LogP contribution is 2.36. The van der Waals surface area contributed by atoms with Crippen LogP contribution in [-0.4, -0.2) is 63.8 Å². The van der Waals surface area contributed by atoms with Gasteiger partial charge in [-0.3, -0.25) is 9.59 Å². The van der Waals surface area contributed by atoms with E-state index in [2.05, 4.69) is 46.7 Å². The Morgan fingerprint density at radius 1 is 1.03 bits per heavy atom. The van der Waals surface area contributed by atoms with Gasteiger partial charge in [-0.1, -0.05) is 59.8 Å². The molecule has 0 bridgehead atoms. The van der Waals surface area contributed by atoms with Gasteiger partial charge in [0.1, 0.15) is 6.54 Å². The van der Waals surface area contributed by atoms with E-state index in [0.717, 1.165) is 29.7 Å². The summed E-state index contributed by atoms with van der Waals surface area (Å²) in [4.78, 5) is 29.9. The molecule has 0 saturated carbocycles. The number of amides is 2. The average molecular weight is 446 g/mol. The molecule has 2 aromatic carbocycles. The lowest BCUT2D eigenvalue weighted by molar-refractivity contribution is -0.147. The van der Waals surface area contributed by atoms with E-state index in [1.54, 1.807) is 29.9 Å². The van der Waals surface area contributed by atoms with E-state index < -0.39 is 5.41 Å². The fourth-order valence-corrected chi connectivity index (χ4v) is 4.76. The highest BCUT2D eigenvalue weighted by atomic mass is 16.2. The van der Waals surface area contributed by atoms with Gasteiger partial charge in [0.25, 0.3) is 0 Å². The molecule has 0 spiro atoms. The molecular weight excluding hydrogens is 414 g/mol. The van der Waals surface area contributed by atoms with Crippen LogP contribution in [-0.2, 0) is 22.6 Å². The van der Waals surface area contributed by atoms with Crippen molar-refractivity contribution in [3.8, 4) is 11.1 Å². The number of carbonyl (C=O) groups excluding carboxylic acids is 2. The van der Waals surface area contributed by atoms with Gasteiger partial charge in [-0.25, -0.2) is 4.68 Å². The van der Waals surface area contributed by atoms with E-state index in [1.165, 1.54) is 5.56 Å². The molecule has 33 heavy (non-hydrogen) atoms. The first kappa shape index (κ1) is 22.7. The average Bonchev–Trinajstić information content (AvgIpc) is 3.24. The van der Waals surface area contributed by atoms with Crippen LogP contribution in [0.25, 0.3) is 11.1 Å². The summed E-state index contributed by atoms with van der Waals surface area (Å²) in [7, 11) is 3.59. The SMILES string of the molecule is Cc1cn(CC(=O)N2CCC[C@@](Cc3ccc(-c4ccccc4)cc3)(C(=O)N(C)C)C2)nn1. The van der Waals surface area contributed by atoms with E-state index in [0.29, 0.717) is 19.5 Å². The Balaban J connectivity index is 1.54. The number of rotatable bonds is 6. The van der Waals surface area contributed by atoms with Crippen LogP contribution < -0.4 is 0 Å². The summed E-state index contributed by atoms with van der Waals surface area (Å²) in [6.07, 6.45) is 3.92. The number of carbonyl (C=O) groups is 2. The monoisotopic (exact) mass is 445 g/mol. The lowest BCUT2D eigenvalue weighted by Crippen LogP contribution is -2.54. The van der Waals surface area contributed by atoms with Crippen molar-refractivity contribution < 1.29 is 9.59 Å². The van der Waals surface area contributed by atoms with Crippen molar-refractivity contribution in [3.63, 3.8) is 0 Å². The summed E-state index contributed by atoms with van der Waals surface area (Å²) in [6.45, 7) is 3.05. The number of piperidine rings is 1. The van der Waals surface area contributed by atoms with Crippen molar-refractivity contribution in [2.75, 3.05) is 27.2 Å². The molecule has 7 nitrogen and oxygen atoms in total. The van der Waals surface area contributed by atoms with E-state index in [1.807, 2.05) is 30.0 Å². The summed E-state index contributed by atoms with van der Waals surface area (Å²) in [5.41, 5.74) is 3.56. The number of benzene rings is 2. The van der Waals surface area contributed by atoms with Gasteiger partial charge in [-0.2, -0.15) is 0 Å². The van der Waals surface area contributed by atoms with Crippen LogP contribution in [0.1, 0.15) is 24.1 Å². The largest absolute Gasteiger partial charge is 0.348 e. The van der Waals surface area contributed by atoms with E-state index in [-0.39, 0.29) is 18.4 Å². The number of aromatic nitrogens is 3. The third kappa shape index (κ3) is 5.13. The van der Waals surface area contributed by atoms with Gasteiger partial charge in [0.2, 0.25) is 11.8 Å². The van der Waals surface area contributed by atoms with E-state index in [9.17, 15) is 9.59 Å². The normalized spacial score (nSPS) is 18.2. The predicted octanol–water partition coefficient (Wildman–Crippen LogP) is 3.19. The van der Waals surface area contributed by atoms with Crippen LogP contribution in [0.3, 0.4) is 0 Å². The van der Waals surface area contributed by atoms with Crippen molar-refractivity contribution >= 4 is 11.8 Å². The zero-order valence-corrected chi connectivity index (χ0v) is 19.6. The second-order valence-corrected chi connectivity index (χ2v) is 9.20. The Bertz CT molecular complexity index is 1110. The highest BCUT2D eigenvalue weighted by Gasteiger charge is 2.44. The molecule has 1 aliphatic heterocycles. The Morgan fingerprint density at radius 2 is 1.73 bits per heavy atom. The van der Waals surface area contributed by atoms with Crippen LogP contribution in [0.2, 0.25) is 0 Å². The minimum Gasteiger partial charge on any atom is -0.348 e. The summed E-state index contributed by atoms with van der Waals surface area (Å²) < 4.78 is 1.56. The quantitative estimate of drug-likeness (QED) is 0.584. The maximum atomic E-state index is 13.4. The molecule has 1 fully saturated rings. The molecule has 7 heteroatoms. The van der Waals surface area contributed by atoms with Crippen molar-refractivity contribution in [2.45, 2.75) is 32.7 Å². The van der Waals surface area contributed by atoms with Crippen LogP contribution in [0.5, 0.6) is 0 Å². The highest BCUT2D eigenvalue weighted by molar-refractivity contribution is 5.84. The van der Waals surface area contributed by atoms with E-state index in [4.69, 9.17) is 0 Å². The number of likely N-dealkylation sites (tertiary alicyclic amines) is 1. The molecule has 1 saturated heterocycles. The van der Waals surface area contributed by atoms with Crippen molar-refractivity contribution in [1.82, 2.24) is 24.8 Å². The molecule has 1 aromatic heterocycles. The topological polar surface area (TPSA) is 71.3 Å². The van der Waals surface area contributed by atoms with Gasteiger partial charge in [-0.05, 0) is 42.9 Å². The van der Waals surface area contributed by atoms with E-state index >= 15 is 0 Å². The molecule has 4 rings (SSSR count). The number of nitrogens with zero attached hydrogens (tertiary/aromatic N) is 5. The zero-order chi connectivity index (χ0) is 23.4. The van der Waals surface area contributed by atoms with Gasteiger partial charge in [0.15, 0.2) is 0 Å². The first-order chi connectivity index (χ1) is 15.9. The molecular formula is C26H31N5O2. The molecule has 172 valence electrons. The second kappa shape index (κ2) is 9.57. The summed E-state index contributed by atoms with van der Waals surface area (Å²) >= 11 is 0. The second-order valence-electron chi connectivity index (χ2n) is 9.20. The van der Waals surface area contributed by atoms with Crippen LogP contribution in [0.4, 0.5) is 0 Å². The Morgan fingerprint density at radius 3 is 2.36 bits per heavy atom. The number of hydrogen-bond donors (Lipinski definition) is 0.